The van der Waals surface area contributed by atoms with Gasteiger partial charge >= 0.3 is 0 Å². The van der Waals surface area contributed by atoms with Gasteiger partial charge < -0.3 is 9.73 Å². The van der Waals surface area contributed by atoms with Crippen LogP contribution in [0.4, 0.5) is 0 Å². The quantitative estimate of drug-likeness (QED) is 0.822. The van der Waals surface area contributed by atoms with Crippen molar-refractivity contribution in [1.82, 2.24) is 10.0 Å². The van der Waals surface area contributed by atoms with Gasteiger partial charge in [0.1, 0.15) is 5.76 Å². The van der Waals surface area contributed by atoms with Crippen molar-refractivity contribution in [2.45, 2.75) is 31.8 Å². The summed E-state index contributed by atoms with van der Waals surface area (Å²) < 4.78 is 32.2. The minimum absolute atomic E-state index is 0.160. The second-order valence-corrected chi connectivity index (χ2v) is 7.39. The summed E-state index contributed by atoms with van der Waals surface area (Å²) in [5.41, 5.74) is 0. The van der Waals surface area contributed by atoms with Crippen LogP contribution in [0.5, 0.6) is 0 Å². The molecule has 0 saturated carbocycles. The molecule has 20 heavy (non-hydrogen) atoms. The fraction of sp³-hybridized carbons (Fsp3) is 0.385. The maximum atomic E-state index is 12.3. The van der Waals surface area contributed by atoms with Crippen LogP contribution in [-0.4, -0.2) is 15.0 Å². The van der Waals surface area contributed by atoms with Gasteiger partial charge in [-0.2, -0.15) is 0 Å². The Hall–Kier alpha value is -1.15. The highest BCUT2D eigenvalue weighted by atomic mass is 32.2. The summed E-state index contributed by atoms with van der Waals surface area (Å²) in [7, 11) is -3.50. The number of thiophene rings is 1. The molecule has 2 aromatic rings. The topological polar surface area (TPSA) is 71.3 Å². The number of aryl methyl sites for hydroxylation is 1. The van der Waals surface area contributed by atoms with Crippen molar-refractivity contribution < 1.29 is 12.8 Å². The molecule has 0 amide bonds. The van der Waals surface area contributed by atoms with Gasteiger partial charge in [0.15, 0.2) is 0 Å². The summed E-state index contributed by atoms with van der Waals surface area (Å²) in [5, 5.41) is 3.19. The van der Waals surface area contributed by atoms with Crippen LogP contribution in [-0.2, 0) is 23.1 Å². The summed E-state index contributed by atoms with van der Waals surface area (Å²) in [6, 6.07) is 5.20. The first-order valence-electron chi connectivity index (χ1n) is 6.35. The molecule has 0 aliphatic heterocycles. The predicted molar refractivity (Wildman–Crippen MR) is 79.2 cm³/mol. The zero-order valence-corrected chi connectivity index (χ0v) is 13.1. The zero-order chi connectivity index (χ0) is 14.6. The van der Waals surface area contributed by atoms with Crippen molar-refractivity contribution >= 4 is 21.4 Å². The van der Waals surface area contributed by atoms with Crippen molar-refractivity contribution in [3.05, 3.63) is 40.0 Å². The van der Waals surface area contributed by atoms with E-state index in [2.05, 4.69) is 10.0 Å². The number of sulfonamides is 1. The SMILES string of the molecule is CCNCc1cc(S(=O)(=O)NCc2ccco2)c(C)s1. The number of rotatable bonds is 7. The van der Waals surface area contributed by atoms with Crippen LogP contribution in [0.25, 0.3) is 0 Å². The first kappa shape index (κ1) is 15.2. The maximum Gasteiger partial charge on any atom is 0.242 e. The van der Waals surface area contributed by atoms with Crippen LogP contribution < -0.4 is 10.0 Å². The lowest BCUT2D eigenvalue weighted by molar-refractivity contribution is 0.498. The van der Waals surface area contributed by atoms with E-state index >= 15 is 0 Å². The van der Waals surface area contributed by atoms with Crippen LogP contribution in [0.2, 0.25) is 0 Å². The summed E-state index contributed by atoms with van der Waals surface area (Å²) >= 11 is 1.50. The Morgan fingerprint density at radius 1 is 1.35 bits per heavy atom. The molecule has 0 aliphatic carbocycles. The Kier molecular flexibility index (Phi) is 4.98. The van der Waals surface area contributed by atoms with Crippen molar-refractivity contribution in [3.8, 4) is 0 Å². The highest BCUT2D eigenvalue weighted by Crippen LogP contribution is 2.25. The normalized spacial score (nSPS) is 11.9. The molecule has 0 fully saturated rings. The molecule has 7 heteroatoms. The molecule has 0 bridgehead atoms. The molecule has 0 radical (unpaired) electrons. The molecule has 0 aromatic carbocycles. The number of hydrogen-bond donors (Lipinski definition) is 2. The Morgan fingerprint density at radius 3 is 2.80 bits per heavy atom. The largest absolute Gasteiger partial charge is 0.468 e. The van der Waals surface area contributed by atoms with Gasteiger partial charge in [0.05, 0.1) is 17.7 Å². The van der Waals surface area contributed by atoms with Crippen LogP contribution in [0.1, 0.15) is 22.4 Å². The molecular formula is C13H18N2O3S2. The molecule has 0 atom stereocenters. The molecule has 0 aliphatic rings. The second-order valence-electron chi connectivity index (χ2n) is 4.32. The van der Waals surface area contributed by atoms with Gasteiger partial charge in [0, 0.05) is 16.3 Å². The Labute approximate surface area is 123 Å². The predicted octanol–water partition coefficient (Wildman–Crippen LogP) is 2.24. The van der Waals surface area contributed by atoms with E-state index in [-0.39, 0.29) is 6.54 Å². The molecule has 2 rings (SSSR count). The van der Waals surface area contributed by atoms with Gasteiger partial charge in [-0.1, -0.05) is 6.92 Å². The van der Waals surface area contributed by atoms with Gasteiger partial charge in [0.25, 0.3) is 0 Å². The molecule has 110 valence electrons. The average Bonchev–Trinajstić information content (AvgIpc) is 3.03. The third-order valence-corrected chi connectivity index (χ3v) is 5.49. The monoisotopic (exact) mass is 314 g/mol. The fourth-order valence-electron chi connectivity index (χ4n) is 1.78. The van der Waals surface area contributed by atoms with Crippen molar-refractivity contribution in [3.63, 3.8) is 0 Å². The summed E-state index contributed by atoms with van der Waals surface area (Å²) in [5.74, 6) is 0.592. The first-order valence-corrected chi connectivity index (χ1v) is 8.65. The molecule has 2 heterocycles. The van der Waals surface area contributed by atoms with Crippen molar-refractivity contribution in [1.29, 1.82) is 0 Å². The Bertz CT molecular complexity index is 645. The second kappa shape index (κ2) is 6.53. The van der Waals surface area contributed by atoms with Crippen LogP contribution >= 0.6 is 11.3 Å². The van der Waals surface area contributed by atoms with Crippen molar-refractivity contribution in [2.24, 2.45) is 0 Å². The van der Waals surface area contributed by atoms with Gasteiger partial charge in [-0.15, -0.1) is 11.3 Å². The minimum Gasteiger partial charge on any atom is -0.468 e. The zero-order valence-electron chi connectivity index (χ0n) is 11.5. The standard InChI is InChI=1S/C13H18N2O3S2/c1-3-14-9-12-7-13(10(2)19-12)20(16,17)15-8-11-5-4-6-18-11/h4-7,14-15H,3,8-9H2,1-2H3. The molecule has 2 N–H and O–H groups in total. The maximum absolute atomic E-state index is 12.3. The molecule has 0 spiro atoms. The van der Waals surface area contributed by atoms with E-state index in [0.29, 0.717) is 17.2 Å². The number of hydrogen-bond acceptors (Lipinski definition) is 5. The van der Waals surface area contributed by atoms with Crippen molar-refractivity contribution in [2.75, 3.05) is 6.54 Å². The lowest BCUT2D eigenvalue weighted by Gasteiger charge is -2.04. The first-order chi connectivity index (χ1) is 9.53. The summed E-state index contributed by atoms with van der Waals surface area (Å²) in [4.78, 5) is 2.16. The lowest BCUT2D eigenvalue weighted by atomic mass is 10.4. The third-order valence-electron chi connectivity index (χ3n) is 2.78. The van der Waals surface area contributed by atoms with Gasteiger partial charge in [-0.25, -0.2) is 13.1 Å². The lowest BCUT2D eigenvalue weighted by Crippen LogP contribution is -2.23. The van der Waals surface area contributed by atoms with Gasteiger partial charge in [-0.3, -0.25) is 0 Å². The smallest absolute Gasteiger partial charge is 0.242 e. The van der Waals surface area contributed by atoms with E-state index in [1.807, 2.05) is 13.8 Å². The molecule has 2 aromatic heterocycles. The Balaban J connectivity index is 2.10. The van der Waals surface area contributed by atoms with Crippen LogP contribution in [0.15, 0.2) is 33.8 Å². The van der Waals surface area contributed by atoms with E-state index < -0.39 is 10.0 Å². The fourth-order valence-corrected chi connectivity index (χ4v) is 4.38. The third kappa shape index (κ3) is 3.69. The van der Waals surface area contributed by atoms with E-state index in [9.17, 15) is 8.42 Å². The molecular weight excluding hydrogens is 296 g/mol. The number of furan rings is 1. The minimum atomic E-state index is -3.50. The molecule has 0 unspecified atom stereocenters. The van der Waals surface area contributed by atoms with E-state index in [1.54, 1.807) is 18.2 Å². The average molecular weight is 314 g/mol. The van der Waals surface area contributed by atoms with E-state index in [0.717, 1.165) is 16.3 Å². The summed E-state index contributed by atoms with van der Waals surface area (Å²) in [6.45, 7) is 5.54. The van der Waals surface area contributed by atoms with Gasteiger partial charge in [0.2, 0.25) is 10.0 Å². The highest BCUT2D eigenvalue weighted by Gasteiger charge is 2.19. The van der Waals surface area contributed by atoms with E-state index in [4.69, 9.17) is 4.42 Å². The van der Waals surface area contributed by atoms with Crippen LogP contribution in [0.3, 0.4) is 0 Å². The van der Waals surface area contributed by atoms with Crippen LogP contribution in [0, 0.1) is 6.92 Å². The Morgan fingerprint density at radius 2 is 2.15 bits per heavy atom. The van der Waals surface area contributed by atoms with Gasteiger partial charge in [-0.05, 0) is 31.7 Å². The molecule has 5 nitrogen and oxygen atoms in total. The van der Waals surface area contributed by atoms with E-state index in [1.165, 1.54) is 17.6 Å². The molecule has 0 saturated heterocycles. The number of nitrogens with one attached hydrogen (secondary N) is 2. The summed E-state index contributed by atoms with van der Waals surface area (Å²) in [6.07, 6.45) is 1.52. The highest BCUT2D eigenvalue weighted by molar-refractivity contribution is 7.89.